The molecule has 1 aromatic rings. The van der Waals surface area contributed by atoms with Crippen LogP contribution in [-0.2, 0) is 11.3 Å². The van der Waals surface area contributed by atoms with Crippen LogP contribution in [0, 0.1) is 5.92 Å². The number of hydrogen-bond acceptors (Lipinski definition) is 4. The second-order valence-electron chi connectivity index (χ2n) is 7.26. The first kappa shape index (κ1) is 25.8. The first-order valence-corrected chi connectivity index (χ1v) is 9.78. The Morgan fingerprint density at radius 3 is 2.59 bits per heavy atom. The summed E-state index contributed by atoms with van der Waals surface area (Å²) in [5.74, 6) is 1.44. The summed E-state index contributed by atoms with van der Waals surface area (Å²) in [4.78, 5) is 6.74. The van der Waals surface area contributed by atoms with Gasteiger partial charge in [0.25, 0.3) is 0 Å². The number of guanidine groups is 1. The van der Waals surface area contributed by atoms with Crippen LogP contribution in [0.4, 0.5) is 8.78 Å². The first-order valence-electron chi connectivity index (χ1n) is 9.78. The highest BCUT2D eigenvalue weighted by Gasteiger charge is 2.22. The van der Waals surface area contributed by atoms with E-state index < -0.39 is 6.61 Å². The molecule has 6 nitrogen and oxygen atoms in total. The van der Waals surface area contributed by atoms with E-state index in [1.165, 1.54) is 6.07 Å². The van der Waals surface area contributed by atoms with Crippen LogP contribution >= 0.6 is 24.0 Å². The number of nitrogens with zero attached hydrogens (tertiary/aromatic N) is 2. The predicted octanol–water partition coefficient (Wildman–Crippen LogP) is 3.32. The average molecular weight is 526 g/mol. The van der Waals surface area contributed by atoms with E-state index in [4.69, 9.17) is 4.74 Å². The fraction of sp³-hybridized carbons (Fsp3) is 0.650. The molecule has 0 amide bonds. The summed E-state index contributed by atoms with van der Waals surface area (Å²) in [5.41, 5.74) is 0.841. The van der Waals surface area contributed by atoms with Crippen LogP contribution in [0.2, 0.25) is 0 Å². The van der Waals surface area contributed by atoms with Crippen LogP contribution in [0.1, 0.15) is 25.8 Å². The van der Waals surface area contributed by atoms with Gasteiger partial charge in [0.15, 0.2) is 5.96 Å². The van der Waals surface area contributed by atoms with Crippen LogP contribution in [0.3, 0.4) is 0 Å². The molecule has 1 unspecified atom stereocenters. The quantitative estimate of drug-likeness (QED) is 0.294. The second kappa shape index (κ2) is 13.9. The fourth-order valence-electron chi connectivity index (χ4n) is 3.30. The lowest BCUT2D eigenvalue weighted by atomic mass is 10.0. The Balaban J connectivity index is 0.00000420. The molecule has 0 aliphatic carbocycles. The zero-order chi connectivity index (χ0) is 20.4. The normalized spacial score (nSPS) is 16.4. The minimum atomic E-state index is -2.82. The Morgan fingerprint density at radius 1 is 1.24 bits per heavy atom. The van der Waals surface area contributed by atoms with Crippen LogP contribution < -0.4 is 15.4 Å². The van der Waals surface area contributed by atoms with Gasteiger partial charge in [-0.25, -0.2) is 0 Å². The molecule has 2 N–H and O–H groups in total. The van der Waals surface area contributed by atoms with E-state index in [9.17, 15) is 8.78 Å². The number of ether oxygens (including phenoxy) is 2. The zero-order valence-electron chi connectivity index (χ0n) is 17.4. The van der Waals surface area contributed by atoms with Crippen molar-refractivity contribution in [1.29, 1.82) is 0 Å². The molecule has 1 aliphatic heterocycles. The lowest BCUT2D eigenvalue weighted by molar-refractivity contribution is -0.0498. The van der Waals surface area contributed by atoms with Crippen LogP contribution in [0.25, 0.3) is 0 Å². The molecule has 0 radical (unpaired) electrons. The molecule has 1 aromatic carbocycles. The average Bonchev–Trinajstić information content (AvgIpc) is 2.67. The number of rotatable bonds is 9. The van der Waals surface area contributed by atoms with Gasteiger partial charge in [0.1, 0.15) is 5.75 Å². The van der Waals surface area contributed by atoms with Gasteiger partial charge < -0.3 is 20.1 Å². The number of nitrogens with one attached hydrogen (secondary N) is 2. The Kier molecular flexibility index (Phi) is 12.4. The zero-order valence-corrected chi connectivity index (χ0v) is 19.7. The van der Waals surface area contributed by atoms with Gasteiger partial charge in [-0.05, 0) is 30.0 Å². The van der Waals surface area contributed by atoms with Crippen molar-refractivity contribution in [2.45, 2.75) is 39.5 Å². The topological polar surface area (TPSA) is 58.1 Å². The summed E-state index contributed by atoms with van der Waals surface area (Å²) in [5, 5.41) is 6.62. The van der Waals surface area contributed by atoms with E-state index in [0.717, 1.165) is 44.8 Å². The summed E-state index contributed by atoms with van der Waals surface area (Å²) in [7, 11) is 1.72. The van der Waals surface area contributed by atoms with E-state index in [0.29, 0.717) is 24.5 Å². The van der Waals surface area contributed by atoms with Crippen molar-refractivity contribution in [2.75, 3.05) is 39.9 Å². The van der Waals surface area contributed by atoms with Crippen molar-refractivity contribution in [3.05, 3.63) is 29.8 Å². The molecule has 1 atom stereocenters. The van der Waals surface area contributed by atoms with Crippen molar-refractivity contribution in [2.24, 2.45) is 10.9 Å². The third-order valence-electron chi connectivity index (χ3n) is 4.62. The van der Waals surface area contributed by atoms with Gasteiger partial charge in [-0.3, -0.25) is 9.89 Å². The maximum absolute atomic E-state index is 12.4. The van der Waals surface area contributed by atoms with Crippen molar-refractivity contribution in [3.63, 3.8) is 0 Å². The molecule has 0 bridgehead atoms. The van der Waals surface area contributed by atoms with Crippen LogP contribution in [0.15, 0.2) is 29.3 Å². The monoisotopic (exact) mass is 526 g/mol. The molecule has 2 rings (SSSR count). The van der Waals surface area contributed by atoms with Crippen molar-refractivity contribution in [3.8, 4) is 5.75 Å². The molecule has 0 saturated carbocycles. The Hall–Kier alpha value is -1.20. The number of aliphatic imine (C=N–C) groups is 1. The van der Waals surface area contributed by atoms with Crippen molar-refractivity contribution < 1.29 is 18.3 Å². The molecular weight excluding hydrogens is 493 g/mol. The fourth-order valence-corrected chi connectivity index (χ4v) is 3.30. The van der Waals surface area contributed by atoms with Gasteiger partial charge in [-0.1, -0.05) is 26.0 Å². The maximum atomic E-state index is 12.4. The largest absolute Gasteiger partial charge is 0.435 e. The summed E-state index contributed by atoms with van der Waals surface area (Å²) in [6.07, 6.45) is 1.09. The smallest absolute Gasteiger partial charge is 0.387 e. The van der Waals surface area contributed by atoms with Gasteiger partial charge in [0.2, 0.25) is 0 Å². The van der Waals surface area contributed by atoms with Gasteiger partial charge in [-0.15, -0.1) is 24.0 Å². The predicted molar refractivity (Wildman–Crippen MR) is 122 cm³/mol. The highest BCUT2D eigenvalue weighted by atomic mass is 127. The number of benzene rings is 1. The van der Waals surface area contributed by atoms with Crippen molar-refractivity contribution in [1.82, 2.24) is 15.5 Å². The molecule has 1 aliphatic rings. The van der Waals surface area contributed by atoms with Gasteiger partial charge in [0.05, 0.1) is 13.2 Å². The highest BCUT2D eigenvalue weighted by Crippen LogP contribution is 2.16. The summed E-state index contributed by atoms with van der Waals surface area (Å²) < 4.78 is 34.6. The molecule has 166 valence electrons. The molecule has 0 aromatic heterocycles. The number of halogens is 3. The Bertz CT molecular complexity index is 614. The van der Waals surface area contributed by atoms with E-state index in [2.05, 4.69) is 39.1 Å². The Labute approximate surface area is 189 Å². The lowest BCUT2D eigenvalue weighted by Gasteiger charge is -2.35. The van der Waals surface area contributed by atoms with E-state index in [1.807, 2.05) is 6.07 Å². The highest BCUT2D eigenvalue weighted by molar-refractivity contribution is 14.0. The first-order chi connectivity index (χ1) is 13.5. The minimum Gasteiger partial charge on any atom is -0.435 e. The van der Waals surface area contributed by atoms with Gasteiger partial charge in [0, 0.05) is 39.3 Å². The van der Waals surface area contributed by atoms with E-state index >= 15 is 0 Å². The number of morpholine rings is 1. The Morgan fingerprint density at radius 2 is 1.97 bits per heavy atom. The third kappa shape index (κ3) is 9.90. The van der Waals surface area contributed by atoms with Crippen LogP contribution in [0.5, 0.6) is 5.75 Å². The number of hydrogen-bond donors (Lipinski definition) is 2. The molecule has 29 heavy (non-hydrogen) atoms. The van der Waals surface area contributed by atoms with E-state index in [1.54, 1.807) is 19.2 Å². The maximum Gasteiger partial charge on any atom is 0.387 e. The molecule has 0 spiro atoms. The standard InChI is InChI=1S/C20H32F2N4O2.HI/c1-15(2)11-17(26-7-9-27-10-8-26)14-25-20(23-3)24-13-16-5-4-6-18(12-16)28-19(21)22;/h4-6,12,15,17,19H,7-11,13-14H2,1-3H3,(H2,23,24,25);1H. The summed E-state index contributed by atoms with van der Waals surface area (Å²) >= 11 is 0. The molecular formula is C20H33F2IN4O2. The van der Waals surface area contributed by atoms with Crippen LogP contribution in [-0.4, -0.2) is 63.4 Å². The van der Waals surface area contributed by atoms with E-state index in [-0.39, 0.29) is 29.7 Å². The molecule has 1 fully saturated rings. The second-order valence-corrected chi connectivity index (χ2v) is 7.26. The summed E-state index contributed by atoms with van der Waals surface area (Å²) in [6.45, 7) is 6.33. The lowest BCUT2D eigenvalue weighted by Crippen LogP contribution is -2.50. The third-order valence-corrected chi connectivity index (χ3v) is 4.62. The SMILES string of the molecule is CN=C(NCc1cccc(OC(F)F)c1)NCC(CC(C)C)N1CCOCC1.I. The number of alkyl halides is 2. The molecule has 9 heteroatoms. The van der Waals surface area contributed by atoms with Gasteiger partial charge >= 0.3 is 6.61 Å². The van der Waals surface area contributed by atoms with Crippen molar-refractivity contribution >= 4 is 29.9 Å². The van der Waals surface area contributed by atoms with Gasteiger partial charge in [-0.2, -0.15) is 8.78 Å². The minimum absolute atomic E-state index is 0. The molecule has 1 heterocycles. The summed E-state index contributed by atoms with van der Waals surface area (Å²) in [6, 6.07) is 7.07. The molecule has 1 saturated heterocycles.